The molecule has 0 aliphatic heterocycles. The lowest BCUT2D eigenvalue weighted by molar-refractivity contribution is -0.107. The van der Waals surface area contributed by atoms with Crippen LogP contribution in [0.4, 0.5) is 0 Å². The molecule has 2 aromatic heterocycles. The molecule has 0 bridgehead atoms. The zero-order valence-corrected chi connectivity index (χ0v) is 7.40. The first kappa shape index (κ1) is 7.98. The van der Waals surface area contributed by atoms with E-state index in [-0.39, 0.29) is 0 Å². The van der Waals surface area contributed by atoms with E-state index in [4.69, 9.17) is 0 Å². The first-order valence-corrected chi connectivity index (χ1v) is 4.19. The minimum absolute atomic E-state index is 0.428. The average molecular weight is 174 g/mol. The van der Waals surface area contributed by atoms with Gasteiger partial charge in [0.1, 0.15) is 11.9 Å². The molecule has 3 heteroatoms. The quantitative estimate of drug-likeness (QED) is 0.645. The number of imidazole rings is 1. The number of aryl methyl sites for hydroxylation is 1. The van der Waals surface area contributed by atoms with E-state index in [2.05, 4.69) is 4.98 Å². The highest BCUT2D eigenvalue weighted by Crippen LogP contribution is 2.10. The van der Waals surface area contributed by atoms with Crippen molar-refractivity contribution in [3.05, 3.63) is 35.8 Å². The molecule has 0 aliphatic carbocycles. The normalized spacial score (nSPS) is 10.5. The van der Waals surface area contributed by atoms with Gasteiger partial charge < -0.3 is 9.20 Å². The van der Waals surface area contributed by atoms with Crippen LogP contribution in [0, 0.1) is 6.92 Å². The van der Waals surface area contributed by atoms with Crippen molar-refractivity contribution in [1.82, 2.24) is 9.38 Å². The summed E-state index contributed by atoms with van der Waals surface area (Å²) >= 11 is 0. The van der Waals surface area contributed by atoms with Crippen LogP contribution in [0.15, 0.2) is 24.4 Å². The molecule has 0 N–H and O–H groups in total. The van der Waals surface area contributed by atoms with E-state index < -0.39 is 0 Å². The second-order valence-electron chi connectivity index (χ2n) is 2.94. The zero-order valence-electron chi connectivity index (χ0n) is 7.40. The van der Waals surface area contributed by atoms with Gasteiger partial charge in [0.25, 0.3) is 0 Å². The number of aldehydes is 1. The summed E-state index contributed by atoms with van der Waals surface area (Å²) in [7, 11) is 0. The molecule has 0 aliphatic rings. The van der Waals surface area contributed by atoms with Gasteiger partial charge in [-0.3, -0.25) is 0 Å². The fourth-order valence-electron chi connectivity index (χ4n) is 1.49. The molecule has 0 aromatic carbocycles. The summed E-state index contributed by atoms with van der Waals surface area (Å²) < 4.78 is 1.95. The van der Waals surface area contributed by atoms with Crippen molar-refractivity contribution in [1.29, 1.82) is 0 Å². The van der Waals surface area contributed by atoms with E-state index in [1.165, 1.54) is 0 Å². The molecule has 0 spiro atoms. The highest BCUT2D eigenvalue weighted by Gasteiger charge is 2.05. The van der Waals surface area contributed by atoms with Crippen molar-refractivity contribution in [2.24, 2.45) is 0 Å². The van der Waals surface area contributed by atoms with Crippen molar-refractivity contribution in [2.45, 2.75) is 13.3 Å². The zero-order chi connectivity index (χ0) is 9.26. The standard InChI is InChI=1S/C10H10N2O/c1-8-9(5-7-13)12-6-3-2-4-10(12)11-8/h2-4,6-7H,5H2,1H3. The lowest BCUT2D eigenvalue weighted by Gasteiger charge is -1.96. The number of hydrogen-bond donors (Lipinski definition) is 0. The molecule has 3 nitrogen and oxygen atoms in total. The topological polar surface area (TPSA) is 34.4 Å². The van der Waals surface area contributed by atoms with Gasteiger partial charge in [0.2, 0.25) is 0 Å². The number of carbonyl (C=O) groups excluding carboxylic acids is 1. The molecule has 2 heterocycles. The predicted molar refractivity (Wildman–Crippen MR) is 49.7 cm³/mol. The smallest absolute Gasteiger partial charge is 0.137 e. The van der Waals surface area contributed by atoms with Crippen LogP contribution < -0.4 is 0 Å². The summed E-state index contributed by atoms with van der Waals surface area (Å²) in [4.78, 5) is 14.8. The van der Waals surface area contributed by atoms with Crippen LogP contribution in [0.2, 0.25) is 0 Å². The molecule has 0 saturated carbocycles. The van der Waals surface area contributed by atoms with Crippen LogP contribution in [0.3, 0.4) is 0 Å². The Morgan fingerprint density at radius 2 is 2.38 bits per heavy atom. The molecule has 0 atom stereocenters. The van der Waals surface area contributed by atoms with Gasteiger partial charge in [-0.05, 0) is 19.1 Å². The summed E-state index contributed by atoms with van der Waals surface area (Å²) in [5.41, 5.74) is 2.81. The van der Waals surface area contributed by atoms with Crippen LogP contribution in [0.5, 0.6) is 0 Å². The summed E-state index contributed by atoms with van der Waals surface area (Å²) in [6.07, 6.45) is 3.26. The van der Waals surface area contributed by atoms with Crippen LogP contribution in [0.25, 0.3) is 5.65 Å². The monoisotopic (exact) mass is 174 g/mol. The molecule has 2 aromatic rings. The first-order chi connectivity index (χ1) is 6.33. The molecule has 0 radical (unpaired) electrons. The number of carbonyl (C=O) groups is 1. The molecule has 0 fully saturated rings. The van der Waals surface area contributed by atoms with Gasteiger partial charge in [-0.25, -0.2) is 4.98 Å². The maximum absolute atomic E-state index is 10.4. The van der Waals surface area contributed by atoms with Crippen LogP contribution >= 0.6 is 0 Å². The van der Waals surface area contributed by atoms with Gasteiger partial charge in [-0.1, -0.05) is 6.07 Å². The van der Waals surface area contributed by atoms with Gasteiger partial charge in [0.15, 0.2) is 0 Å². The summed E-state index contributed by atoms with van der Waals surface area (Å²) in [6, 6.07) is 5.80. The minimum Gasteiger partial charge on any atom is -0.303 e. The highest BCUT2D eigenvalue weighted by atomic mass is 16.1. The number of aromatic nitrogens is 2. The minimum atomic E-state index is 0.428. The Balaban J connectivity index is 2.70. The highest BCUT2D eigenvalue weighted by molar-refractivity contribution is 5.56. The van der Waals surface area contributed by atoms with E-state index in [0.29, 0.717) is 6.42 Å². The summed E-state index contributed by atoms with van der Waals surface area (Å²) in [5.74, 6) is 0. The number of rotatable bonds is 2. The second kappa shape index (κ2) is 3.01. The Morgan fingerprint density at radius 3 is 3.15 bits per heavy atom. The van der Waals surface area contributed by atoms with E-state index in [9.17, 15) is 4.79 Å². The molecular weight excluding hydrogens is 164 g/mol. The molecule has 13 heavy (non-hydrogen) atoms. The van der Waals surface area contributed by atoms with Crippen molar-refractivity contribution in [3.63, 3.8) is 0 Å². The van der Waals surface area contributed by atoms with Crippen molar-refractivity contribution in [3.8, 4) is 0 Å². The third kappa shape index (κ3) is 1.22. The lowest BCUT2D eigenvalue weighted by Crippen LogP contribution is -1.94. The molecular formula is C10H10N2O. The molecule has 2 rings (SSSR count). The maximum Gasteiger partial charge on any atom is 0.137 e. The molecule has 66 valence electrons. The van der Waals surface area contributed by atoms with Crippen molar-refractivity contribution in [2.75, 3.05) is 0 Å². The third-order valence-electron chi connectivity index (χ3n) is 2.11. The van der Waals surface area contributed by atoms with Gasteiger partial charge in [0.05, 0.1) is 11.4 Å². The fourth-order valence-corrected chi connectivity index (χ4v) is 1.49. The number of nitrogens with zero attached hydrogens (tertiary/aromatic N) is 2. The van der Waals surface area contributed by atoms with Gasteiger partial charge in [0, 0.05) is 12.6 Å². The van der Waals surface area contributed by atoms with Gasteiger partial charge >= 0.3 is 0 Å². The van der Waals surface area contributed by atoms with Crippen LogP contribution in [-0.4, -0.2) is 15.7 Å². The molecule has 0 amide bonds. The Hall–Kier alpha value is -1.64. The Morgan fingerprint density at radius 1 is 1.54 bits per heavy atom. The fraction of sp³-hybridized carbons (Fsp3) is 0.200. The van der Waals surface area contributed by atoms with E-state index in [1.54, 1.807) is 0 Å². The number of fused-ring (bicyclic) bond motifs is 1. The van der Waals surface area contributed by atoms with E-state index in [0.717, 1.165) is 23.3 Å². The largest absolute Gasteiger partial charge is 0.303 e. The van der Waals surface area contributed by atoms with Gasteiger partial charge in [-0.15, -0.1) is 0 Å². The molecule has 0 unspecified atom stereocenters. The van der Waals surface area contributed by atoms with Crippen LogP contribution in [0.1, 0.15) is 11.4 Å². The second-order valence-corrected chi connectivity index (χ2v) is 2.94. The summed E-state index contributed by atoms with van der Waals surface area (Å²) in [6.45, 7) is 1.92. The SMILES string of the molecule is Cc1nc2ccccn2c1CC=O. The van der Waals surface area contributed by atoms with Crippen molar-refractivity contribution < 1.29 is 4.79 Å². The summed E-state index contributed by atoms with van der Waals surface area (Å²) in [5, 5.41) is 0. The predicted octanol–water partition coefficient (Wildman–Crippen LogP) is 1.38. The van der Waals surface area contributed by atoms with Crippen LogP contribution in [-0.2, 0) is 11.2 Å². The van der Waals surface area contributed by atoms with Crippen molar-refractivity contribution >= 4 is 11.9 Å². The average Bonchev–Trinajstić information content (AvgIpc) is 2.44. The lowest BCUT2D eigenvalue weighted by atomic mass is 10.3. The maximum atomic E-state index is 10.4. The Labute approximate surface area is 76.0 Å². The van der Waals surface area contributed by atoms with E-state index >= 15 is 0 Å². The first-order valence-electron chi connectivity index (χ1n) is 4.19. The van der Waals surface area contributed by atoms with Gasteiger partial charge in [-0.2, -0.15) is 0 Å². The third-order valence-corrected chi connectivity index (χ3v) is 2.11. The Kier molecular flexibility index (Phi) is 1.85. The number of pyridine rings is 1. The number of hydrogen-bond acceptors (Lipinski definition) is 2. The Bertz CT molecular complexity index is 445. The van der Waals surface area contributed by atoms with E-state index in [1.807, 2.05) is 35.7 Å². The molecule has 0 saturated heterocycles.